The monoisotopic (exact) mass is 408 g/mol. The zero-order valence-electron chi connectivity index (χ0n) is 18.5. The topological polar surface area (TPSA) is 0 Å². The number of rotatable bonds is 2. The minimum absolute atomic E-state index is 0.916. The molecule has 0 aliphatic carbocycles. The van der Waals surface area contributed by atoms with E-state index in [2.05, 4.69) is 99.2 Å². The van der Waals surface area contributed by atoms with Crippen molar-refractivity contribution in [1.82, 2.24) is 0 Å². The molecular formula is C32H24. The molecule has 0 nitrogen and oxygen atoms in total. The van der Waals surface area contributed by atoms with E-state index in [0.717, 1.165) is 33.4 Å². The molecule has 32 heavy (non-hydrogen) atoms. The molecule has 0 spiro atoms. The summed E-state index contributed by atoms with van der Waals surface area (Å²) in [5.41, 5.74) is 8.21. The van der Waals surface area contributed by atoms with Gasteiger partial charge in [0.1, 0.15) is 0 Å². The average molecular weight is 409 g/mol. The van der Waals surface area contributed by atoms with Crippen LogP contribution in [-0.2, 0) is 0 Å². The van der Waals surface area contributed by atoms with Crippen LogP contribution in [0.15, 0.2) is 86.0 Å². The molecule has 4 rings (SSSR count). The van der Waals surface area contributed by atoms with Crippen LogP contribution < -0.4 is 0 Å². The van der Waals surface area contributed by atoms with E-state index in [1.807, 2.05) is 36.4 Å². The predicted molar refractivity (Wildman–Crippen MR) is 138 cm³/mol. The fraction of sp³-hybridized carbons (Fsp3) is 0.0625. The Morgan fingerprint density at radius 1 is 0.531 bits per heavy atom. The third kappa shape index (κ3) is 4.57. The van der Waals surface area contributed by atoms with Gasteiger partial charge in [0.05, 0.1) is 0 Å². The fourth-order valence-electron chi connectivity index (χ4n) is 3.65. The lowest BCUT2D eigenvalue weighted by atomic mass is 9.95. The van der Waals surface area contributed by atoms with Crippen molar-refractivity contribution in [1.29, 1.82) is 0 Å². The zero-order chi connectivity index (χ0) is 22.5. The second-order valence-corrected chi connectivity index (χ2v) is 7.83. The third-order valence-corrected chi connectivity index (χ3v) is 5.43. The Bertz CT molecular complexity index is 1460. The summed E-state index contributed by atoms with van der Waals surface area (Å²) in [5.74, 6) is 13.2. The standard InChI is InChI=1S/C32H24/c1-5-31-27(16-12-25-10-7-23(3)8-11-25)19-20-28(32(31)6-2)17-13-26-14-18-29-21-24(4)9-15-30(29)22-26/h5-11,14-15,18-22H,1-2H2,3-4H3. The first-order valence-corrected chi connectivity index (χ1v) is 10.6. The fourth-order valence-corrected chi connectivity index (χ4v) is 3.65. The number of fused-ring (bicyclic) bond motifs is 1. The lowest BCUT2D eigenvalue weighted by Crippen LogP contribution is -1.92. The summed E-state index contributed by atoms with van der Waals surface area (Å²) in [6.45, 7) is 12.2. The Kier molecular flexibility index (Phi) is 6.07. The van der Waals surface area contributed by atoms with E-state index in [4.69, 9.17) is 0 Å². The zero-order valence-corrected chi connectivity index (χ0v) is 18.5. The van der Waals surface area contributed by atoms with Crippen LogP contribution >= 0.6 is 0 Å². The van der Waals surface area contributed by atoms with E-state index >= 15 is 0 Å². The highest BCUT2D eigenvalue weighted by atomic mass is 14.1. The van der Waals surface area contributed by atoms with Crippen molar-refractivity contribution >= 4 is 22.9 Å². The van der Waals surface area contributed by atoms with Gasteiger partial charge in [0.2, 0.25) is 0 Å². The molecule has 0 bridgehead atoms. The lowest BCUT2D eigenvalue weighted by molar-refractivity contribution is 1.46. The Labute approximate surface area is 190 Å². The van der Waals surface area contributed by atoms with Gasteiger partial charge in [-0.1, -0.05) is 96.5 Å². The molecule has 0 aliphatic rings. The van der Waals surface area contributed by atoms with Gasteiger partial charge in [-0.15, -0.1) is 0 Å². The Morgan fingerprint density at radius 3 is 1.66 bits per heavy atom. The molecule has 0 fully saturated rings. The van der Waals surface area contributed by atoms with Crippen LogP contribution in [0.3, 0.4) is 0 Å². The van der Waals surface area contributed by atoms with E-state index in [1.165, 1.54) is 21.9 Å². The first kappa shape index (κ1) is 21.0. The molecule has 0 saturated heterocycles. The maximum atomic E-state index is 4.01. The highest BCUT2D eigenvalue weighted by Crippen LogP contribution is 2.22. The Balaban J connectivity index is 1.71. The number of hydrogen-bond donors (Lipinski definition) is 0. The molecule has 0 aromatic heterocycles. The Hall–Kier alpha value is -4.26. The van der Waals surface area contributed by atoms with Crippen molar-refractivity contribution in [2.45, 2.75) is 13.8 Å². The summed E-state index contributed by atoms with van der Waals surface area (Å²) in [6, 6.07) is 25.0. The smallest absolute Gasteiger partial charge is 0.0328 e. The molecule has 0 heteroatoms. The maximum Gasteiger partial charge on any atom is 0.0328 e. The highest BCUT2D eigenvalue weighted by molar-refractivity contribution is 5.84. The summed E-state index contributed by atoms with van der Waals surface area (Å²) in [7, 11) is 0. The van der Waals surface area contributed by atoms with Crippen molar-refractivity contribution in [3.63, 3.8) is 0 Å². The van der Waals surface area contributed by atoms with Crippen LogP contribution in [0.1, 0.15) is 44.5 Å². The van der Waals surface area contributed by atoms with Crippen LogP contribution in [-0.4, -0.2) is 0 Å². The third-order valence-electron chi connectivity index (χ3n) is 5.43. The van der Waals surface area contributed by atoms with Crippen LogP contribution in [0, 0.1) is 37.5 Å². The van der Waals surface area contributed by atoms with Gasteiger partial charge >= 0.3 is 0 Å². The normalized spacial score (nSPS) is 9.94. The molecular weight excluding hydrogens is 384 g/mol. The van der Waals surface area contributed by atoms with Crippen LogP contribution in [0.4, 0.5) is 0 Å². The summed E-state index contributed by atoms with van der Waals surface area (Å²) in [5, 5.41) is 2.42. The summed E-state index contributed by atoms with van der Waals surface area (Å²) < 4.78 is 0. The quantitative estimate of drug-likeness (QED) is 0.301. The van der Waals surface area contributed by atoms with Gasteiger partial charge in [0.15, 0.2) is 0 Å². The van der Waals surface area contributed by atoms with Gasteiger partial charge in [-0.25, -0.2) is 0 Å². The lowest BCUT2D eigenvalue weighted by Gasteiger charge is -2.07. The summed E-state index contributed by atoms with van der Waals surface area (Å²) in [6.07, 6.45) is 3.67. The van der Waals surface area contributed by atoms with E-state index in [1.54, 1.807) is 0 Å². The first-order valence-electron chi connectivity index (χ1n) is 10.6. The van der Waals surface area contributed by atoms with E-state index in [0.29, 0.717) is 0 Å². The van der Waals surface area contributed by atoms with Crippen LogP contribution in [0.2, 0.25) is 0 Å². The van der Waals surface area contributed by atoms with Gasteiger partial charge in [-0.05, 0) is 72.1 Å². The van der Waals surface area contributed by atoms with Gasteiger partial charge in [0.25, 0.3) is 0 Å². The first-order chi connectivity index (χ1) is 15.6. The molecule has 0 unspecified atom stereocenters. The number of hydrogen-bond acceptors (Lipinski definition) is 0. The van der Waals surface area contributed by atoms with Crippen LogP contribution in [0.25, 0.3) is 22.9 Å². The second-order valence-electron chi connectivity index (χ2n) is 7.83. The highest BCUT2D eigenvalue weighted by Gasteiger charge is 2.06. The molecule has 0 atom stereocenters. The predicted octanol–water partition coefficient (Wildman–Crippen LogP) is 7.54. The maximum absolute atomic E-state index is 4.01. The van der Waals surface area contributed by atoms with Gasteiger partial charge in [-0.2, -0.15) is 0 Å². The molecule has 152 valence electrons. The van der Waals surface area contributed by atoms with Gasteiger partial charge < -0.3 is 0 Å². The van der Waals surface area contributed by atoms with Gasteiger partial charge in [0, 0.05) is 22.3 Å². The van der Waals surface area contributed by atoms with E-state index in [-0.39, 0.29) is 0 Å². The SMILES string of the molecule is C=Cc1c(C#Cc2ccc(C)cc2)ccc(C#Cc2ccc3cc(C)ccc3c2)c1C=C. The summed E-state index contributed by atoms with van der Waals surface area (Å²) >= 11 is 0. The van der Waals surface area contributed by atoms with Crippen molar-refractivity contribution in [3.05, 3.63) is 130 Å². The molecule has 0 aliphatic heterocycles. The minimum atomic E-state index is 0.916. The van der Waals surface area contributed by atoms with Crippen molar-refractivity contribution in [3.8, 4) is 23.7 Å². The van der Waals surface area contributed by atoms with E-state index in [9.17, 15) is 0 Å². The molecule has 0 saturated carbocycles. The van der Waals surface area contributed by atoms with E-state index < -0.39 is 0 Å². The molecule has 4 aromatic carbocycles. The average Bonchev–Trinajstić information content (AvgIpc) is 2.82. The Morgan fingerprint density at radius 2 is 1.03 bits per heavy atom. The second kappa shape index (κ2) is 9.26. The van der Waals surface area contributed by atoms with Crippen molar-refractivity contribution in [2.75, 3.05) is 0 Å². The van der Waals surface area contributed by atoms with Gasteiger partial charge in [-0.3, -0.25) is 0 Å². The molecule has 0 N–H and O–H groups in total. The van der Waals surface area contributed by atoms with Crippen molar-refractivity contribution in [2.24, 2.45) is 0 Å². The van der Waals surface area contributed by atoms with Crippen molar-refractivity contribution < 1.29 is 0 Å². The molecule has 0 radical (unpaired) electrons. The number of benzene rings is 4. The number of aryl methyl sites for hydroxylation is 2. The van der Waals surface area contributed by atoms with Crippen LogP contribution in [0.5, 0.6) is 0 Å². The molecule has 0 amide bonds. The molecule has 0 heterocycles. The largest absolute Gasteiger partial charge is 0.0984 e. The molecule has 4 aromatic rings. The minimum Gasteiger partial charge on any atom is -0.0984 e. The summed E-state index contributed by atoms with van der Waals surface area (Å²) in [4.78, 5) is 0.